The van der Waals surface area contributed by atoms with Gasteiger partial charge in [0, 0.05) is 4.92 Å². The quantitative estimate of drug-likeness (QED) is 0.176. The molecule has 15 heavy (non-hydrogen) atoms. The average Bonchev–Trinajstić information content (AvgIpc) is 2.21. The molecule has 0 unspecified atom stereocenters. The topological polar surface area (TPSA) is 85.0 Å². The zero-order valence-corrected chi connectivity index (χ0v) is 8.97. The monoisotopic (exact) mass is 216 g/mol. The molecule has 0 aliphatic rings. The van der Waals surface area contributed by atoms with Crippen molar-refractivity contribution in [2.45, 2.75) is 26.7 Å². The van der Waals surface area contributed by atoms with Crippen LogP contribution < -0.4 is 0 Å². The van der Waals surface area contributed by atoms with Gasteiger partial charge in [0.15, 0.2) is 5.71 Å². The Kier molecular flexibility index (Phi) is 6.96. The highest BCUT2D eigenvalue weighted by Crippen LogP contribution is 2.03. The number of rotatable bonds is 7. The molecule has 0 aliphatic heterocycles. The molecule has 0 aliphatic carbocycles. The summed E-state index contributed by atoms with van der Waals surface area (Å²) in [6.07, 6.45) is 3.38. The number of hydrogen-bond donors (Lipinski definition) is 1. The van der Waals surface area contributed by atoms with Gasteiger partial charge in [-0.05, 0) is 19.4 Å². The van der Waals surface area contributed by atoms with Crippen LogP contribution >= 0.6 is 0 Å². The molecule has 0 saturated carbocycles. The lowest BCUT2D eigenvalue weighted by Gasteiger charge is -2.08. The zero-order chi connectivity index (χ0) is 11.7. The summed E-state index contributed by atoms with van der Waals surface area (Å²) in [5.74, 6) is 0.266. The minimum atomic E-state index is -0.568. The fraction of sp³-hybridized carbons (Fsp3) is 0.667. The fourth-order valence-electron chi connectivity index (χ4n) is 0.941. The van der Waals surface area contributed by atoms with Crippen LogP contribution in [-0.2, 0) is 4.74 Å². The van der Waals surface area contributed by atoms with E-state index in [-0.39, 0.29) is 11.5 Å². The van der Waals surface area contributed by atoms with Crippen molar-refractivity contribution in [1.82, 2.24) is 0 Å². The van der Waals surface area contributed by atoms with Crippen LogP contribution in [0.3, 0.4) is 0 Å². The van der Waals surface area contributed by atoms with Gasteiger partial charge in [-0.15, -0.1) is 0 Å². The summed E-state index contributed by atoms with van der Waals surface area (Å²) in [6.45, 7) is 3.61. The second-order valence-corrected chi connectivity index (χ2v) is 2.89. The van der Waals surface area contributed by atoms with E-state index in [1.807, 2.05) is 6.92 Å². The molecule has 0 spiro atoms. The Bertz CT molecular complexity index is 261. The lowest BCUT2D eigenvalue weighted by Crippen LogP contribution is -2.18. The predicted molar refractivity (Wildman–Crippen MR) is 55.7 cm³/mol. The normalized spacial score (nSPS) is 12.7. The first-order valence-corrected chi connectivity index (χ1v) is 4.77. The molecule has 0 radical (unpaired) electrons. The molecule has 0 aromatic rings. The number of allylic oxidation sites excluding steroid dienone is 1. The standard InChI is InChI=1S/C9H16N2O4/c1-3-5-6-15-9(4-2)8(10-12)7-11(13)14/h4,12H,3,5-7H2,1-2H3/b9-4-,10-8+. The molecular formula is C9H16N2O4. The Hall–Kier alpha value is -1.59. The summed E-state index contributed by atoms with van der Waals surface area (Å²) in [7, 11) is 0. The van der Waals surface area contributed by atoms with Crippen molar-refractivity contribution in [3.63, 3.8) is 0 Å². The third kappa shape index (κ3) is 5.66. The Labute approximate surface area is 88.4 Å². The number of nitrogens with zero attached hydrogens (tertiary/aromatic N) is 2. The summed E-state index contributed by atoms with van der Waals surface area (Å²) < 4.78 is 5.25. The van der Waals surface area contributed by atoms with Crippen LogP contribution in [0.2, 0.25) is 0 Å². The SMILES string of the molecule is C/C=C(OCCCC)/C(C[N+](=O)[O-])=N/O. The van der Waals surface area contributed by atoms with Crippen molar-refractivity contribution >= 4 is 5.71 Å². The van der Waals surface area contributed by atoms with Gasteiger partial charge in [0.1, 0.15) is 5.76 Å². The Morgan fingerprint density at radius 2 is 2.33 bits per heavy atom. The second-order valence-electron chi connectivity index (χ2n) is 2.89. The van der Waals surface area contributed by atoms with Crippen molar-refractivity contribution in [2.75, 3.05) is 13.2 Å². The highest BCUT2D eigenvalue weighted by Gasteiger charge is 2.14. The number of nitro groups is 1. The lowest BCUT2D eigenvalue weighted by atomic mass is 10.3. The van der Waals surface area contributed by atoms with E-state index in [0.29, 0.717) is 6.61 Å². The molecule has 0 bridgehead atoms. The molecule has 6 nitrogen and oxygen atoms in total. The number of hydrogen-bond acceptors (Lipinski definition) is 5. The van der Waals surface area contributed by atoms with Gasteiger partial charge >= 0.3 is 0 Å². The van der Waals surface area contributed by atoms with E-state index >= 15 is 0 Å². The molecule has 0 fully saturated rings. The zero-order valence-electron chi connectivity index (χ0n) is 8.97. The summed E-state index contributed by atoms with van der Waals surface area (Å²) in [4.78, 5) is 9.68. The van der Waals surface area contributed by atoms with Crippen molar-refractivity contribution < 1.29 is 14.9 Å². The van der Waals surface area contributed by atoms with E-state index in [0.717, 1.165) is 12.8 Å². The van der Waals surface area contributed by atoms with E-state index in [1.54, 1.807) is 13.0 Å². The molecular weight excluding hydrogens is 200 g/mol. The van der Waals surface area contributed by atoms with Gasteiger partial charge in [0.05, 0.1) is 6.61 Å². The van der Waals surface area contributed by atoms with Crippen molar-refractivity contribution in [2.24, 2.45) is 5.16 Å². The molecule has 86 valence electrons. The van der Waals surface area contributed by atoms with E-state index in [1.165, 1.54) is 0 Å². The van der Waals surface area contributed by atoms with Crippen LogP contribution in [0.1, 0.15) is 26.7 Å². The Morgan fingerprint density at radius 3 is 2.73 bits per heavy atom. The third-order valence-electron chi connectivity index (χ3n) is 1.70. The highest BCUT2D eigenvalue weighted by molar-refractivity contribution is 5.98. The Morgan fingerprint density at radius 1 is 1.67 bits per heavy atom. The summed E-state index contributed by atoms with van der Waals surface area (Å²) >= 11 is 0. The van der Waals surface area contributed by atoms with Crippen molar-refractivity contribution in [3.8, 4) is 0 Å². The highest BCUT2D eigenvalue weighted by atomic mass is 16.6. The van der Waals surface area contributed by atoms with E-state index in [4.69, 9.17) is 9.94 Å². The predicted octanol–water partition coefficient (Wildman–Crippen LogP) is 1.81. The molecule has 0 atom stereocenters. The van der Waals surface area contributed by atoms with Gasteiger partial charge in [0.25, 0.3) is 6.54 Å². The second kappa shape index (κ2) is 7.78. The maximum Gasteiger partial charge on any atom is 0.252 e. The molecule has 1 N–H and O–H groups in total. The maximum atomic E-state index is 10.2. The van der Waals surface area contributed by atoms with Crippen LogP contribution in [0.5, 0.6) is 0 Å². The van der Waals surface area contributed by atoms with Crippen LogP contribution in [0.15, 0.2) is 17.0 Å². The molecule has 0 saturated heterocycles. The van der Waals surface area contributed by atoms with Crippen LogP contribution in [0, 0.1) is 10.1 Å². The van der Waals surface area contributed by atoms with Crippen LogP contribution in [0.25, 0.3) is 0 Å². The summed E-state index contributed by atoms with van der Waals surface area (Å²) in [5.41, 5.74) is -0.0568. The van der Waals surface area contributed by atoms with Gasteiger partial charge < -0.3 is 9.94 Å². The van der Waals surface area contributed by atoms with Gasteiger partial charge in [-0.2, -0.15) is 0 Å². The smallest absolute Gasteiger partial charge is 0.252 e. The molecule has 0 aromatic carbocycles. The first-order valence-electron chi connectivity index (χ1n) is 4.77. The molecule has 0 heterocycles. The first-order chi connectivity index (χ1) is 7.15. The third-order valence-corrected chi connectivity index (χ3v) is 1.70. The van der Waals surface area contributed by atoms with Crippen LogP contribution in [-0.4, -0.2) is 29.0 Å². The number of ether oxygens (including phenoxy) is 1. The van der Waals surface area contributed by atoms with Gasteiger partial charge in [-0.3, -0.25) is 10.1 Å². The Balaban J connectivity index is 4.31. The maximum absolute atomic E-state index is 10.2. The number of oxime groups is 1. The average molecular weight is 216 g/mol. The van der Waals surface area contributed by atoms with Gasteiger partial charge in [-0.25, -0.2) is 0 Å². The minimum Gasteiger partial charge on any atom is -0.492 e. The van der Waals surface area contributed by atoms with E-state index in [2.05, 4.69) is 5.16 Å². The lowest BCUT2D eigenvalue weighted by molar-refractivity contribution is -0.463. The van der Waals surface area contributed by atoms with E-state index < -0.39 is 11.5 Å². The molecule has 0 amide bonds. The molecule has 6 heteroatoms. The minimum absolute atomic E-state index is 0.0568. The fourth-order valence-corrected chi connectivity index (χ4v) is 0.941. The van der Waals surface area contributed by atoms with Crippen LogP contribution in [0.4, 0.5) is 0 Å². The van der Waals surface area contributed by atoms with Crippen molar-refractivity contribution in [1.29, 1.82) is 0 Å². The van der Waals surface area contributed by atoms with E-state index in [9.17, 15) is 10.1 Å². The van der Waals surface area contributed by atoms with Crippen molar-refractivity contribution in [3.05, 3.63) is 21.9 Å². The van der Waals surface area contributed by atoms with Gasteiger partial charge in [-0.1, -0.05) is 18.5 Å². The number of unbranched alkanes of at least 4 members (excludes halogenated alkanes) is 1. The molecule has 0 aromatic heterocycles. The molecule has 0 rings (SSSR count). The van der Waals surface area contributed by atoms with Gasteiger partial charge in [0.2, 0.25) is 0 Å². The first kappa shape index (κ1) is 13.4. The summed E-state index contributed by atoms with van der Waals surface area (Å²) in [6, 6.07) is 0. The largest absolute Gasteiger partial charge is 0.492 e. The summed E-state index contributed by atoms with van der Waals surface area (Å²) in [5, 5.41) is 21.7.